The molecule has 2 aromatic rings. The molecule has 2 amide bonds. The number of anilines is 1. The summed E-state index contributed by atoms with van der Waals surface area (Å²) in [6, 6.07) is 9.05. The number of benzene rings is 2. The van der Waals surface area contributed by atoms with E-state index in [-0.39, 0.29) is 22.3 Å². The lowest BCUT2D eigenvalue weighted by atomic mass is 10.1. The van der Waals surface area contributed by atoms with Crippen LogP contribution in [-0.4, -0.2) is 50.5 Å². The smallest absolute Gasteiger partial charge is 0.244 e. The van der Waals surface area contributed by atoms with E-state index in [1.54, 1.807) is 25.1 Å². The number of para-hydroxylation sites is 1. The summed E-state index contributed by atoms with van der Waals surface area (Å²) in [5.41, 5.74) is 0.127. The molecule has 174 valence electrons. The third-order valence-corrected chi connectivity index (χ3v) is 6.54. The molecule has 0 aliphatic heterocycles. The van der Waals surface area contributed by atoms with Crippen LogP contribution >= 0.6 is 23.2 Å². The predicted molar refractivity (Wildman–Crippen MR) is 124 cm³/mol. The average Bonchev–Trinajstić information content (AvgIpc) is 2.71. The van der Waals surface area contributed by atoms with Crippen LogP contribution in [0.5, 0.6) is 0 Å². The predicted octanol–water partition coefficient (Wildman–Crippen LogP) is 3.45. The van der Waals surface area contributed by atoms with Gasteiger partial charge in [0.2, 0.25) is 21.8 Å². The van der Waals surface area contributed by atoms with Crippen LogP contribution in [0.4, 0.5) is 10.1 Å². The largest absolute Gasteiger partial charge is 0.355 e. The first-order chi connectivity index (χ1) is 15.0. The number of carbonyl (C=O) groups is 2. The molecular weight excluding hydrogens is 480 g/mol. The quantitative estimate of drug-likeness (QED) is 0.567. The van der Waals surface area contributed by atoms with Gasteiger partial charge in [-0.15, -0.1) is 0 Å². The molecule has 1 N–H and O–H groups in total. The van der Waals surface area contributed by atoms with Crippen LogP contribution < -0.4 is 9.62 Å². The number of hydrogen-bond donors (Lipinski definition) is 1. The number of hydrogen-bond acceptors (Lipinski definition) is 4. The first-order valence-corrected chi connectivity index (χ1v) is 12.3. The molecule has 32 heavy (non-hydrogen) atoms. The lowest BCUT2D eigenvalue weighted by Crippen LogP contribution is -2.51. The van der Waals surface area contributed by atoms with Gasteiger partial charge < -0.3 is 10.2 Å². The molecule has 2 aromatic carbocycles. The Bertz CT molecular complexity index is 1080. The summed E-state index contributed by atoms with van der Waals surface area (Å²) >= 11 is 12.5. The van der Waals surface area contributed by atoms with Crippen molar-refractivity contribution in [1.82, 2.24) is 10.2 Å². The second-order valence-electron chi connectivity index (χ2n) is 7.01. The van der Waals surface area contributed by atoms with E-state index < -0.39 is 40.2 Å². The SMILES string of the molecule is CCNC(=O)C(C)N(Cc1c(Cl)cccc1Cl)C(=O)CN(c1ccccc1F)S(C)(=O)=O. The van der Waals surface area contributed by atoms with Crippen LogP contribution in [0, 0.1) is 5.82 Å². The Labute approximate surface area is 197 Å². The van der Waals surface area contributed by atoms with Crippen LogP contribution in [0.3, 0.4) is 0 Å². The minimum Gasteiger partial charge on any atom is -0.355 e. The van der Waals surface area contributed by atoms with Crippen LogP contribution in [0.25, 0.3) is 0 Å². The van der Waals surface area contributed by atoms with Gasteiger partial charge in [0, 0.05) is 28.7 Å². The highest BCUT2D eigenvalue weighted by Gasteiger charge is 2.31. The van der Waals surface area contributed by atoms with Crippen molar-refractivity contribution in [3.05, 3.63) is 63.9 Å². The molecule has 2 rings (SSSR count). The molecule has 0 aliphatic carbocycles. The van der Waals surface area contributed by atoms with E-state index in [1.807, 2.05) is 0 Å². The first-order valence-electron chi connectivity index (χ1n) is 9.69. The number of amides is 2. The van der Waals surface area contributed by atoms with Gasteiger partial charge in [-0.3, -0.25) is 13.9 Å². The molecule has 0 aliphatic rings. The zero-order valence-corrected chi connectivity index (χ0v) is 20.1. The number of halogens is 3. The molecule has 1 atom stereocenters. The topological polar surface area (TPSA) is 86.8 Å². The van der Waals surface area contributed by atoms with Crippen LogP contribution in [0.15, 0.2) is 42.5 Å². The number of sulfonamides is 1. The second kappa shape index (κ2) is 11.0. The number of carbonyl (C=O) groups excluding carboxylic acids is 2. The third kappa shape index (κ3) is 6.34. The zero-order chi connectivity index (χ0) is 24.1. The Morgan fingerprint density at radius 3 is 2.22 bits per heavy atom. The maximum Gasteiger partial charge on any atom is 0.244 e. The number of rotatable bonds is 9. The lowest BCUT2D eigenvalue weighted by molar-refractivity contribution is -0.139. The Balaban J connectivity index is 2.46. The number of nitrogens with one attached hydrogen (secondary N) is 1. The van der Waals surface area contributed by atoms with Crippen LogP contribution in [0.1, 0.15) is 19.4 Å². The standard InChI is InChI=1S/C21H24Cl2FN3O4S/c1-4-25-21(29)14(2)26(12-15-16(22)8-7-9-17(15)23)20(28)13-27(32(3,30)31)19-11-6-5-10-18(19)24/h5-11,14H,4,12-13H2,1-3H3,(H,25,29). The summed E-state index contributed by atoms with van der Waals surface area (Å²) < 4.78 is 39.8. The van der Waals surface area contributed by atoms with Gasteiger partial charge in [-0.1, -0.05) is 41.4 Å². The highest BCUT2D eigenvalue weighted by atomic mass is 35.5. The highest BCUT2D eigenvalue weighted by molar-refractivity contribution is 7.92. The Morgan fingerprint density at radius 2 is 1.69 bits per heavy atom. The first kappa shape index (κ1) is 25.9. The molecule has 0 spiro atoms. The molecule has 0 aromatic heterocycles. The Kier molecular flexibility index (Phi) is 8.89. The molecule has 0 bridgehead atoms. The van der Waals surface area contributed by atoms with Crippen LogP contribution in [-0.2, 0) is 26.2 Å². The Hall–Kier alpha value is -2.36. The van der Waals surface area contributed by atoms with Gasteiger partial charge in [0.25, 0.3) is 0 Å². The van der Waals surface area contributed by atoms with Gasteiger partial charge in [-0.2, -0.15) is 0 Å². The van der Waals surface area contributed by atoms with E-state index in [9.17, 15) is 22.4 Å². The fourth-order valence-corrected chi connectivity index (χ4v) is 4.37. The molecule has 0 fully saturated rings. The zero-order valence-electron chi connectivity index (χ0n) is 17.8. The summed E-state index contributed by atoms with van der Waals surface area (Å²) in [6.45, 7) is 2.70. The van der Waals surface area contributed by atoms with Crippen LogP contribution in [0.2, 0.25) is 10.0 Å². The fraction of sp³-hybridized carbons (Fsp3) is 0.333. The molecule has 1 unspecified atom stereocenters. The molecule has 0 saturated carbocycles. The minimum atomic E-state index is -4.02. The van der Waals surface area contributed by atoms with E-state index in [0.29, 0.717) is 16.4 Å². The Morgan fingerprint density at radius 1 is 1.09 bits per heavy atom. The molecule has 0 saturated heterocycles. The normalized spacial score (nSPS) is 12.2. The minimum absolute atomic E-state index is 0.148. The van der Waals surface area contributed by atoms with E-state index in [2.05, 4.69) is 5.32 Å². The van der Waals surface area contributed by atoms with Crippen molar-refractivity contribution in [2.45, 2.75) is 26.4 Å². The van der Waals surface area contributed by atoms with Gasteiger partial charge in [0.15, 0.2) is 0 Å². The van der Waals surface area contributed by atoms with Gasteiger partial charge in [-0.25, -0.2) is 12.8 Å². The highest BCUT2D eigenvalue weighted by Crippen LogP contribution is 2.27. The molecule has 7 nitrogen and oxygen atoms in total. The summed E-state index contributed by atoms with van der Waals surface area (Å²) in [7, 11) is -4.02. The summed E-state index contributed by atoms with van der Waals surface area (Å²) in [5.74, 6) is -1.97. The van der Waals surface area contributed by atoms with E-state index in [4.69, 9.17) is 23.2 Å². The van der Waals surface area contributed by atoms with Crippen molar-refractivity contribution in [3.8, 4) is 0 Å². The molecule has 0 radical (unpaired) electrons. The summed E-state index contributed by atoms with van der Waals surface area (Å²) in [6.07, 6.45) is 0.870. The van der Waals surface area contributed by atoms with Gasteiger partial charge in [-0.05, 0) is 38.1 Å². The van der Waals surface area contributed by atoms with Gasteiger partial charge >= 0.3 is 0 Å². The van der Waals surface area contributed by atoms with E-state index in [1.165, 1.54) is 25.1 Å². The molecule has 0 heterocycles. The van der Waals surface area contributed by atoms with Crippen molar-refractivity contribution in [2.24, 2.45) is 0 Å². The number of likely N-dealkylation sites (N-methyl/N-ethyl adjacent to an activating group) is 1. The van der Waals surface area contributed by atoms with Crippen molar-refractivity contribution >= 4 is 50.7 Å². The molecular formula is C21H24Cl2FN3O4S. The van der Waals surface area contributed by atoms with Crippen molar-refractivity contribution in [1.29, 1.82) is 0 Å². The summed E-state index contributed by atoms with van der Waals surface area (Å²) in [4.78, 5) is 27.0. The van der Waals surface area contributed by atoms with E-state index in [0.717, 1.165) is 17.2 Å². The fourth-order valence-electron chi connectivity index (χ4n) is 3.01. The number of nitrogens with zero attached hydrogens (tertiary/aromatic N) is 2. The van der Waals surface area contributed by atoms with E-state index >= 15 is 0 Å². The lowest BCUT2D eigenvalue weighted by Gasteiger charge is -2.31. The second-order valence-corrected chi connectivity index (χ2v) is 9.73. The maximum atomic E-state index is 14.3. The monoisotopic (exact) mass is 503 g/mol. The third-order valence-electron chi connectivity index (χ3n) is 4.71. The maximum absolute atomic E-state index is 14.3. The average molecular weight is 504 g/mol. The molecule has 11 heteroatoms. The van der Waals surface area contributed by atoms with Crippen molar-refractivity contribution in [3.63, 3.8) is 0 Å². The van der Waals surface area contributed by atoms with Crippen molar-refractivity contribution < 1.29 is 22.4 Å². The van der Waals surface area contributed by atoms with Gasteiger partial charge in [0.1, 0.15) is 18.4 Å². The summed E-state index contributed by atoms with van der Waals surface area (Å²) in [5, 5.41) is 3.20. The van der Waals surface area contributed by atoms with Crippen molar-refractivity contribution in [2.75, 3.05) is 23.7 Å². The van der Waals surface area contributed by atoms with Gasteiger partial charge in [0.05, 0.1) is 11.9 Å².